The summed E-state index contributed by atoms with van der Waals surface area (Å²) in [7, 11) is 0. The lowest BCUT2D eigenvalue weighted by Crippen LogP contribution is -2.32. The first kappa shape index (κ1) is 18.5. The van der Waals surface area contributed by atoms with Crippen LogP contribution < -0.4 is 10.2 Å². The van der Waals surface area contributed by atoms with Crippen LogP contribution in [0.15, 0.2) is 48.5 Å². The van der Waals surface area contributed by atoms with Gasteiger partial charge in [0.2, 0.25) is 11.8 Å². The molecule has 2 bridgehead atoms. The summed E-state index contributed by atoms with van der Waals surface area (Å²) in [6.07, 6.45) is 3.06. The number of rotatable bonds is 4. The van der Waals surface area contributed by atoms with Crippen LogP contribution in [-0.4, -0.2) is 28.8 Å². The van der Waals surface area contributed by atoms with Crippen molar-refractivity contribution in [2.45, 2.75) is 19.3 Å². The summed E-state index contributed by atoms with van der Waals surface area (Å²) in [6, 6.07) is 12.3. The smallest absolute Gasteiger partial charge is 0.335 e. The van der Waals surface area contributed by atoms with E-state index in [1.807, 2.05) is 0 Å². The molecular weight excluding hydrogens is 384 g/mol. The molecule has 0 unspecified atom stereocenters. The van der Waals surface area contributed by atoms with Gasteiger partial charge in [-0.1, -0.05) is 0 Å². The lowest BCUT2D eigenvalue weighted by Gasteiger charge is -2.19. The number of imide groups is 1. The Labute approximate surface area is 172 Å². The van der Waals surface area contributed by atoms with Crippen LogP contribution in [0, 0.1) is 23.7 Å². The molecule has 2 N–H and O–H groups in total. The van der Waals surface area contributed by atoms with E-state index in [9.17, 15) is 19.2 Å². The molecule has 0 aromatic heterocycles. The topological polar surface area (TPSA) is 104 Å². The monoisotopic (exact) mass is 404 g/mol. The van der Waals surface area contributed by atoms with Gasteiger partial charge in [-0.3, -0.25) is 19.3 Å². The number of nitrogens with one attached hydrogen (secondary N) is 1. The Bertz CT molecular complexity index is 1030. The van der Waals surface area contributed by atoms with Crippen molar-refractivity contribution in [1.82, 2.24) is 0 Å². The molecule has 7 nitrogen and oxygen atoms in total. The third-order valence-corrected chi connectivity index (χ3v) is 6.70. The number of carbonyl (C=O) groups excluding carboxylic acids is 3. The second kappa shape index (κ2) is 6.79. The SMILES string of the molecule is O=C(O)c1ccc(NC(=O)c2ccc(N3C(=O)[C@H]4[C@H]5CC[C@@H](C5)[C@@H]4C3=O)cc2)cc1. The normalized spacial score (nSPS) is 26.7. The summed E-state index contributed by atoms with van der Waals surface area (Å²) in [6.45, 7) is 0. The standard InChI is InChI=1S/C23H20N2O5/c26-20(24-16-7-3-13(4-8-16)23(29)30)12-5-9-17(10-6-12)25-21(27)18-14-1-2-15(11-14)19(18)22(25)28/h3-10,14-15,18-19H,1-2,11H2,(H,24,26)(H,29,30)/t14-,15-,18-,19-/m0/s1. The zero-order valence-corrected chi connectivity index (χ0v) is 16.1. The average molecular weight is 404 g/mol. The highest BCUT2D eigenvalue weighted by atomic mass is 16.4. The third kappa shape index (κ3) is 2.81. The van der Waals surface area contributed by atoms with Gasteiger partial charge in [0.25, 0.3) is 5.91 Å². The molecule has 1 aliphatic heterocycles. The van der Waals surface area contributed by atoms with E-state index in [4.69, 9.17) is 5.11 Å². The molecule has 30 heavy (non-hydrogen) atoms. The summed E-state index contributed by atoms with van der Waals surface area (Å²) < 4.78 is 0. The van der Waals surface area contributed by atoms with Crippen LogP contribution in [0.5, 0.6) is 0 Å². The predicted molar refractivity (Wildman–Crippen MR) is 108 cm³/mol. The van der Waals surface area contributed by atoms with Gasteiger partial charge in [0.15, 0.2) is 0 Å². The first-order valence-electron chi connectivity index (χ1n) is 10.1. The molecule has 0 spiro atoms. The van der Waals surface area contributed by atoms with Gasteiger partial charge in [-0.2, -0.15) is 0 Å². The average Bonchev–Trinajstić information content (AvgIpc) is 3.42. The molecule has 7 heteroatoms. The van der Waals surface area contributed by atoms with Gasteiger partial charge >= 0.3 is 5.97 Å². The zero-order valence-electron chi connectivity index (χ0n) is 16.1. The van der Waals surface area contributed by atoms with Crippen LogP contribution in [0.4, 0.5) is 11.4 Å². The third-order valence-electron chi connectivity index (χ3n) is 6.70. The number of amides is 3. The highest BCUT2D eigenvalue weighted by molar-refractivity contribution is 6.22. The molecule has 1 saturated heterocycles. The van der Waals surface area contributed by atoms with Gasteiger partial charge in [-0.05, 0) is 79.6 Å². The molecule has 2 saturated carbocycles. The number of hydrogen-bond acceptors (Lipinski definition) is 4. The Balaban J connectivity index is 1.31. The number of carbonyl (C=O) groups is 4. The Morgan fingerprint density at radius 3 is 1.90 bits per heavy atom. The van der Waals surface area contributed by atoms with Crippen molar-refractivity contribution in [3.63, 3.8) is 0 Å². The van der Waals surface area contributed by atoms with Gasteiger partial charge < -0.3 is 10.4 Å². The lowest BCUT2D eigenvalue weighted by atomic mass is 9.81. The molecular formula is C23H20N2O5. The molecule has 152 valence electrons. The number of fused-ring (bicyclic) bond motifs is 5. The van der Waals surface area contributed by atoms with Crippen LogP contribution >= 0.6 is 0 Å². The number of nitrogens with zero attached hydrogens (tertiary/aromatic N) is 1. The van der Waals surface area contributed by atoms with Crippen molar-refractivity contribution >= 4 is 35.1 Å². The van der Waals surface area contributed by atoms with E-state index in [0.717, 1.165) is 19.3 Å². The first-order chi connectivity index (χ1) is 14.4. The molecule has 4 atom stereocenters. The van der Waals surface area contributed by atoms with E-state index in [1.165, 1.54) is 29.2 Å². The van der Waals surface area contributed by atoms with Crippen LogP contribution in [0.2, 0.25) is 0 Å². The molecule has 3 fully saturated rings. The highest BCUT2D eigenvalue weighted by Crippen LogP contribution is 2.56. The Morgan fingerprint density at radius 2 is 1.37 bits per heavy atom. The minimum absolute atomic E-state index is 0.104. The summed E-state index contributed by atoms with van der Waals surface area (Å²) in [5.41, 5.74) is 1.49. The van der Waals surface area contributed by atoms with Crippen molar-refractivity contribution in [3.05, 3.63) is 59.7 Å². The molecule has 2 aromatic carbocycles. The largest absolute Gasteiger partial charge is 0.478 e. The van der Waals surface area contributed by atoms with E-state index < -0.39 is 5.97 Å². The van der Waals surface area contributed by atoms with E-state index in [0.29, 0.717) is 28.8 Å². The van der Waals surface area contributed by atoms with Crippen molar-refractivity contribution in [3.8, 4) is 0 Å². The quantitative estimate of drug-likeness (QED) is 0.762. The Morgan fingerprint density at radius 1 is 0.833 bits per heavy atom. The van der Waals surface area contributed by atoms with Crippen LogP contribution in [0.25, 0.3) is 0 Å². The van der Waals surface area contributed by atoms with Gasteiger partial charge in [-0.15, -0.1) is 0 Å². The van der Waals surface area contributed by atoms with Gasteiger partial charge in [0.05, 0.1) is 23.1 Å². The van der Waals surface area contributed by atoms with Crippen LogP contribution in [0.1, 0.15) is 40.0 Å². The first-order valence-corrected chi connectivity index (χ1v) is 10.1. The predicted octanol–water partition coefficient (Wildman–Crippen LogP) is 3.17. The fourth-order valence-electron chi connectivity index (χ4n) is 5.32. The van der Waals surface area contributed by atoms with Crippen molar-refractivity contribution in [2.24, 2.45) is 23.7 Å². The second-order valence-electron chi connectivity index (χ2n) is 8.28. The zero-order chi connectivity index (χ0) is 21.0. The molecule has 2 aliphatic carbocycles. The maximum absolute atomic E-state index is 12.9. The molecule has 3 amide bonds. The molecule has 5 rings (SSSR count). The number of carboxylic acid groups (broad SMARTS) is 1. The van der Waals surface area contributed by atoms with E-state index in [2.05, 4.69) is 5.32 Å². The minimum atomic E-state index is -1.04. The van der Waals surface area contributed by atoms with E-state index >= 15 is 0 Å². The number of anilines is 2. The number of benzene rings is 2. The van der Waals surface area contributed by atoms with E-state index in [-0.39, 0.29) is 35.1 Å². The summed E-state index contributed by atoms with van der Waals surface area (Å²) in [4.78, 5) is 50.5. The number of hydrogen-bond donors (Lipinski definition) is 2. The molecule has 2 aromatic rings. The number of aromatic carboxylic acids is 1. The molecule has 0 radical (unpaired) electrons. The van der Waals surface area contributed by atoms with Crippen molar-refractivity contribution < 1.29 is 24.3 Å². The summed E-state index contributed by atoms with van der Waals surface area (Å²) >= 11 is 0. The second-order valence-corrected chi connectivity index (χ2v) is 8.28. The highest BCUT2D eigenvalue weighted by Gasteiger charge is 2.61. The summed E-state index contributed by atoms with van der Waals surface area (Å²) in [5.74, 6) is -1.29. The van der Waals surface area contributed by atoms with Gasteiger partial charge in [0.1, 0.15) is 0 Å². The van der Waals surface area contributed by atoms with E-state index in [1.54, 1.807) is 24.3 Å². The summed E-state index contributed by atoms with van der Waals surface area (Å²) in [5, 5.41) is 11.6. The van der Waals surface area contributed by atoms with Crippen LogP contribution in [0.3, 0.4) is 0 Å². The minimum Gasteiger partial charge on any atom is -0.478 e. The lowest BCUT2D eigenvalue weighted by molar-refractivity contribution is -0.123. The van der Waals surface area contributed by atoms with Gasteiger partial charge in [-0.25, -0.2) is 4.79 Å². The fourth-order valence-corrected chi connectivity index (χ4v) is 5.32. The van der Waals surface area contributed by atoms with Crippen molar-refractivity contribution in [1.29, 1.82) is 0 Å². The molecule has 1 heterocycles. The maximum Gasteiger partial charge on any atom is 0.335 e. The number of carboxylic acids is 1. The Kier molecular flexibility index (Phi) is 4.20. The van der Waals surface area contributed by atoms with Gasteiger partial charge in [0, 0.05) is 11.3 Å². The van der Waals surface area contributed by atoms with Crippen molar-refractivity contribution in [2.75, 3.05) is 10.2 Å². The fraction of sp³-hybridized carbons (Fsp3) is 0.304. The Hall–Kier alpha value is -3.48. The van der Waals surface area contributed by atoms with Crippen LogP contribution in [-0.2, 0) is 9.59 Å². The maximum atomic E-state index is 12.9. The molecule has 3 aliphatic rings.